The van der Waals surface area contributed by atoms with Crippen molar-refractivity contribution < 1.29 is 13.9 Å². The summed E-state index contributed by atoms with van der Waals surface area (Å²) in [6.07, 6.45) is 0.860. The first kappa shape index (κ1) is 13.3. The van der Waals surface area contributed by atoms with Crippen LogP contribution in [0, 0.1) is 5.82 Å². The molecule has 2 rings (SSSR count). The van der Waals surface area contributed by atoms with Crippen LogP contribution in [0.1, 0.15) is 22.3 Å². The molecule has 2 nitrogen and oxygen atoms in total. The largest absolute Gasteiger partial charge is 0.497 e. The van der Waals surface area contributed by atoms with Gasteiger partial charge in [-0.25, -0.2) is 4.39 Å². The van der Waals surface area contributed by atoms with Crippen molar-refractivity contribution in [2.24, 2.45) is 0 Å². The van der Waals surface area contributed by atoms with Gasteiger partial charge in [0.2, 0.25) is 0 Å². The molecule has 0 heterocycles. The van der Waals surface area contributed by atoms with Crippen LogP contribution in [0.5, 0.6) is 5.75 Å². The second-order valence-corrected chi connectivity index (χ2v) is 4.25. The first-order valence-electron chi connectivity index (χ1n) is 6.11. The summed E-state index contributed by atoms with van der Waals surface area (Å²) in [5.74, 6) is 0.120. The highest BCUT2D eigenvalue weighted by Crippen LogP contribution is 2.16. The third-order valence-corrected chi connectivity index (χ3v) is 2.95. The molecule has 0 fully saturated rings. The highest BCUT2D eigenvalue weighted by Gasteiger charge is 2.10. The third-order valence-electron chi connectivity index (χ3n) is 2.95. The molecular weight excluding hydrogens is 243 g/mol. The summed E-state index contributed by atoms with van der Waals surface area (Å²) in [7, 11) is 1.60. The van der Waals surface area contributed by atoms with Crippen molar-refractivity contribution in [2.75, 3.05) is 7.11 Å². The quantitative estimate of drug-likeness (QED) is 0.765. The molecule has 0 saturated heterocycles. The first-order valence-corrected chi connectivity index (χ1v) is 6.11. The van der Waals surface area contributed by atoms with Crippen LogP contribution < -0.4 is 4.74 Å². The Morgan fingerprint density at radius 2 is 1.95 bits per heavy atom. The molecular formula is C16H15FO2. The monoisotopic (exact) mass is 258 g/mol. The number of aryl methyl sites for hydroxylation is 1. The number of benzene rings is 2. The van der Waals surface area contributed by atoms with Gasteiger partial charge in [-0.1, -0.05) is 24.3 Å². The molecule has 0 amide bonds. The molecule has 0 aliphatic heterocycles. The molecule has 2 aromatic rings. The highest BCUT2D eigenvalue weighted by molar-refractivity contribution is 5.96. The summed E-state index contributed by atoms with van der Waals surface area (Å²) in [6.45, 7) is 0. The number of ketones is 1. The Hall–Kier alpha value is -2.16. The molecule has 0 unspecified atom stereocenters. The number of hydrogen-bond donors (Lipinski definition) is 0. The van der Waals surface area contributed by atoms with Gasteiger partial charge in [-0.2, -0.15) is 0 Å². The minimum atomic E-state index is -0.460. The van der Waals surface area contributed by atoms with Crippen molar-refractivity contribution in [3.8, 4) is 5.75 Å². The SMILES string of the molecule is COc1cccc(CCC(=O)c2ccccc2F)c1. The Morgan fingerprint density at radius 3 is 2.68 bits per heavy atom. The average molecular weight is 258 g/mol. The zero-order valence-corrected chi connectivity index (χ0v) is 10.7. The minimum Gasteiger partial charge on any atom is -0.497 e. The predicted octanol–water partition coefficient (Wildman–Crippen LogP) is 3.65. The molecule has 0 aliphatic rings. The second kappa shape index (κ2) is 6.14. The number of rotatable bonds is 5. The van der Waals surface area contributed by atoms with E-state index in [0.29, 0.717) is 6.42 Å². The Labute approximate surface area is 111 Å². The Bertz CT molecular complexity index is 578. The smallest absolute Gasteiger partial charge is 0.166 e. The number of ether oxygens (including phenoxy) is 1. The van der Waals surface area contributed by atoms with E-state index in [0.717, 1.165) is 11.3 Å². The maximum absolute atomic E-state index is 13.4. The van der Waals surface area contributed by atoms with E-state index in [2.05, 4.69) is 0 Å². The molecule has 98 valence electrons. The van der Waals surface area contributed by atoms with Crippen LogP contribution >= 0.6 is 0 Å². The van der Waals surface area contributed by atoms with E-state index in [-0.39, 0.29) is 17.8 Å². The van der Waals surface area contributed by atoms with Crippen molar-refractivity contribution >= 4 is 5.78 Å². The van der Waals surface area contributed by atoms with Crippen molar-refractivity contribution in [2.45, 2.75) is 12.8 Å². The van der Waals surface area contributed by atoms with Gasteiger partial charge in [0.05, 0.1) is 12.7 Å². The van der Waals surface area contributed by atoms with Gasteiger partial charge >= 0.3 is 0 Å². The molecule has 0 atom stereocenters. The van der Waals surface area contributed by atoms with Gasteiger partial charge in [0, 0.05) is 6.42 Å². The van der Waals surface area contributed by atoms with Gasteiger partial charge < -0.3 is 4.74 Å². The third kappa shape index (κ3) is 3.41. The zero-order chi connectivity index (χ0) is 13.7. The summed E-state index contributed by atoms with van der Waals surface area (Å²) in [5, 5.41) is 0. The van der Waals surface area contributed by atoms with E-state index in [1.807, 2.05) is 24.3 Å². The van der Waals surface area contributed by atoms with E-state index in [9.17, 15) is 9.18 Å². The van der Waals surface area contributed by atoms with Gasteiger partial charge in [-0.05, 0) is 36.2 Å². The van der Waals surface area contributed by atoms with Crippen LogP contribution in [0.25, 0.3) is 0 Å². The fourth-order valence-electron chi connectivity index (χ4n) is 1.91. The Balaban J connectivity index is 2.02. The lowest BCUT2D eigenvalue weighted by Gasteiger charge is -2.05. The standard InChI is InChI=1S/C16H15FO2/c1-19-13-6-4-5-12(11-13)9-10-16(18)14-7-2-3-8-15(14)17/h2-8,11H,9-10H2,1H3. The number of methoxy groups -OCH3 is 1. The lowest BCUT2D eigenvalue weighted by molar-refractivity contribution is 0.0979. The molecule has 0 saturated carbocycles. The Kier molecular flexibility index (Phi) is 4.29. The first-order chi connectivity index (χ1) is 9.20. The van der Waals surface area contributed by atoms with Gasteiger partial charge in [-0.3, -0.25) is 4.79 Å². The van der Waals surface area contributed by atoms with Crippen molar-refractivity contribution in [3.63, 3.8) is 0 Å². The molecule has 3 heteroatoms. The van der Waals surface area contributed by atoms with Crippen LogP contribution in [-0.4, -0.2) is 12.9 Å². The number of Topliss-reactive ketones (excluding diaryl/α,β-unsaturated/α-hetero) is 1. The lowest BCUT2D eigenvalue weighted by Crippen LogP contribution is -2.03. The zero-order valence-electron chi connectivity index (χ0n) is 10.7. The molecule has 0 bridgehead atoms. The fourth-order valence-corrected chi connectivity index (χ4v) is 1.91. The predicted molar refractivity (Wildman–Crippen MR) is 72.0 cm³/mol. The second-order valence-electron chi connectivity index (χ2n) is 4.25. The van der Waals surface area contributed by atoms with E-state index in [4.69, 9.17) is 4.74 Å². The van der Waals surface area contributed by atoms with Crippen LogP contribution in [0.15, 0.2) is 48.5 Å². The topological polar surface area (TPSA) is 26.3 Å². The normalized spacial score (nSPS) is 10.2. The summed E-state index contributed by atoms with van der Waals surface area (Å²) in [6, 6.07) is 13.6. The molecule has 0 radical (unpaired) electrons. The van der Waals surface area contributed by atoms with Crippen LogP contribution in [0.4, 0.5) is 4.39 Å². The fraction of sp³-hybridized carbons (Fsp3) is 0.188. The maximum Gasteiger partial charge on any atom is 0.166 e. The number of halogens is 1. The summed E-state index contributed by atoms with van der Waals surface area (Å²) in [4.78, 5) is 11.9. The number of hydrogen-bond acceptors (Lipinski definition) is 2. The van der Waals surface area contributed by atoms with Crippen molar-refractivity contribution in [3.05, 3.63) is 65.5 Å². The van der Waals surface area contributed by atoms with Crippen molar-refractivity contribution in [1.29, 1.82) is 0 Å². The molecule has 19 heavy (non-hydrogen) atoms. The van der Waals surface area contributed by atoms with Crippen molar-refractivity contribution in [1.82, 2.24) is 0 Å². The highest BCUT2D eigenvalue weighted by atomic mass is 19.1. The van der Waals surface area contributed by atoms with E-state index in [1.54, 1.807) is 19.2 Å². The average Bonchev–Trinajstić information content (AvgIpc) is 2.45. The van der Waals surface area contributed by atoms with Gasteiger partial charge in [0.25, 0.3) is 0 Å². The van der Waals surface area contributed by atoms with E-state index < -0.39 is 5.82 Å². The van der Waals surface area contributed by atoms with E-state index in [1.165, 1.54) is 12.1 Å². The maximum atomic E-state index is 13.4. The van der Waals surface area contributed by atoms with Crippen LogP contribution in [-0.2, 0) is 6.42 Å². The van der Waals surface area contributed by atoms with Crippen LogP contribution in [0.3, 0.4) is 0 Å². The van der Waals surface area contributed by atoms with Gasteiger partial charge in [0.15, 0.2) is 5.78 Å². The lowest BCUT2D eigenvalue weighted by atomic mass is 10.0. The molecule has 0 N–H and O–H groups in total. The summed E-state index contributed by atoms with van der Waals surface area (Å²) in [5.41, 5.74) is 1.16. The number of carbonyl (C=O) groups is 1. The van der Waals surface area contributed by atoms with E-state index >= 15 is 0 Å². The number of carbonyl (C=O) groups excluding carboxylic acids is 1. The van der Waals surface area contributed by atoms with Crippen LogP contribution in [0.2, 0.25) is 0 Å². The van der Waals surface area contributed by atoms with Gasteiger partial charge in [0.1, 0.15) is 11.6 Å². The summed E-state index contributed by atoms with van der Waals surface area (Å²) >= 11 is 0. The molecule has 0 spiro atoms. The minimum absolute atomic E-state index is 0.158. The Morgan fingerprint density at radius 1 is 1.16 bits per heavy atom. The molecule has 2 aromatic carbocycles. The molecule has 0 aromatic heterocycles. The molecule has 0 aliphatic carbocycles. The summed E-state index contributed by atoms with van der Waals surface area (Å²) < 4.78 is 18.6. The van der Waals surface area contributed by atoms with Gasteiger partial charge in [-0.15, -0.1) is 0 Å².